The van der Waals surface area contributed by atoms with Crippen molar-refractivity contribution in [3.8, 4) is 0 Å². The van der Waals surface area contributed by atoms with Gasteiger partial charge in [-0.25, -0.2) is 0 Å². The largest absolute Gasteiger partial charge is 0.311 e. The Morgan fingerprint density at radius 3 is 2.28 bits per heavy atom. The van der Waals surface area contributed by atoms with Gasteiger partial charge in [0.15, 0.2) is 0 Å². The molecule has 0 aromatic carbocycles. The zero-order valence-corrected chi connectivity index (χ0v) is 13.6. The van der Waals surface area contributed by atoms with Crippen LogP contribution in [0.3, 0.4) is 0 Å². The Morgan fingerprint density at radius 1 is 1.22 bits per heavy atom. The highest BCUT2D eigenvalue weighted by Gasteiger charge is 2.34. The molecule has 2 atom stereocenters. The van der Waals surface area contributed by atoms with E-state index in [4.69, 9.17) is 0 Å². The van der Waals surface area contributed by atoms with E-state index in [0.717, 1.165) is 18.4 Å². The maximum absolute atomic E-state index is 3.70. The summed E-state index contributed by atoms with van der Waals surface area (Å²) in [7, 11) is 0. The highest BCUT2D eigenvalue weighted by Crippen LogP contribution is 2.30. The van der Waals surface area contributed by atoms with Crippen LogP contribution in [-0.2, 0) is 0 Å². The predicted octanol–water partition coefficient (Wildman–Crippen LogP) is 3.38. The number of rotatable bonds is 5. The number of hydrogen-bond donors (Lipinski definition) is 1. The first-order valence-corrected chi connectivity index (χ1v) is 7.75. The standard InChI is InChI=1S/C16H34N2/c1-8-14-10-18(11-16(6,7)13(4)5)15(9-17-14)12(2)3/h12-15,17H,8-11H2,1-7H3. The Kier molecular flexibility index (Phi) is 5.67. The van der Waals surface area contributed by atoms with Gasteiger partial charge in [0, 0.05) is 31.7 Å². The molecular weight excluding hydrogens is 220 g/mol. The third-order valence-corrected chi connectivity index (χ3v) is 4.98. The van der Waals surface area contributed by atoms with Crippen molar-refractivity contribution >= 4 is 0 Å². The molecule has 108 valence electrons. The van der Waals surface area contributed by atoms with Gasteiger partial charge in [0.2, 0.25) is 0 Å². The molecule has 0 aromatic rings. The molecule has 1 N–H and O–H groups in total. The molecule has 2 nitrogen and oxygen atoms in total. The predicted molar refractivity (Wildman–Crippen MR) is 80.9 cm³/mol. The van der Waals surface area contributed by atoms with Gasteiger partial charge in [-0.05, 0) is 23.7 Å². The number of nitrogens with zero attached hydrogens (tertiary/aromatic N) is 1. The fourth-order valence-corrected chi connectivity index (χ4v) is 2.72. The zero-order chi connectivity index (χ0) is 13.9. The highest BCUT2D eigenvalue weighted by atomic mass is 15.2. The van der Waals surface area contributed by atoms with E-state index in [2.05, 4.69) is 58.7 Å². The van der Waals surface area contributed by atoms with Crippen molar-refractivity contribution in [3.05, 3.63) is 0 Å². The van der Waals surface area contributed by atoms with Crippen molar-refractivity contribution in [3.63, 3.8) is 0 Å². The second-order valence-electron chi connectivity index (χ2n) is 7.40. The summed E-state index contributed by atoms with van der Waals surface area (Å²) in [5.41, 5.74) is 0.406. The van der Waals surface area contributed by atoms with E-state index in [0.29, 0.717) is 17.5 Å². The molecule has 1 fully saturated rings. The minimum absolute atomic E-state index is 0.406. The molecule has 0 aromatic heterocycles. The van der Waals surface area contributed by atoms with E-state index in [1.807, 2.05) is 0 Å². The van der Waals surface area contributed by atoms with Gasteiger partial charge < -0.3 is 5.32 Å². The lowest BCUT2D eigenvalue weighted by atomic mass is 9.79. The summed E-state index contributed by atoms with van der Waals surface area (Å²) in [6.07, 6.45) is 1.24. The van der Waals surface area contributed by atoms with Gasteiger partial charge in [0.25, 0.3) is 0 Å². The van der Waals surface area contributed by atoms with Crippen molar-refractivity contribution < 1.29 is 0 Å². The van der Waals surface area contributed by atoms with E-state index in [1.165, 1.54) is 19.5 Å². The molecule has 0 spiro atoms. The fourth-order valence-electron chi connectivity index (χ4n) is 2.72. The summed E-state index contributed by atoms with van der Waals surface area (Å²) < 4.78 is 0. The quantitative estimate of drug-likeness (QED) is 0.809. The van der Waals surface area contributed by atoms with Crippen LogP contribution in [0.2, 0.25) is 0 Å². The van der Waals surface area contributed by atoms with E-state index < -0.39 is 0 Å². The minimum atomic E-state index is 0.406. The average Bonchev–Trinajstić information content (AvgIpc) is 2.27. The minimum Gasteiger partial charge on any atom is -0.311 e. The molecule has 2 heteroatoms. The third kappa shape index (κ3) is 3.96. The molecule has 0 saturated carbocycles. The number of nitrogens with one attached hydrogen (secondary N) is 1. The molecule has 0 amide bonds. The first-order chi connectivity index (χ1) is 8.27. The number of piperazine rings is 1. The second-order valence-corrected chi connectivity index (χ2v) is 7.40. The monoisotopic (exact) mass is 254 g/mol. The van der Waals surface area contributed by atoms with Gasteiger partial charge in [0.05, 0.1) is 0 Å². The first kappa shape index (κ1) is 16.0. The van der Waals surface area contributed by atoms with Crippen LogP contribution in [0.4, 0.5) is 0 Å². The van der Waals surface area contributed by atoms with Gasteiger partial charge in [-0.3, -0.25) is 4.90 Å². The summed E-state index contributed by atoms with van der Waals surface area (Å²) >= 11 is 0. The van der Waals surface area contributed by atoms with Crippen LogP contribution in [0.1, 0.15) is 54.9 Å². The van der Waals surface area contributed by atoms with E-state index in [-0.39, 0.29) is 0 Å². The maximum atomic E-state index is 3.70. The van der Waals surface area contributed by atoms with E-state index >= 15 is 0 Å². The van der Waals surface area contributed by atoms with Crippen LogP contribution in [0, 0.1) is 17.3 Å². The Balaban J connectivity index is 2.72. The molecule has 18 heavy (non-hydrogen) atoms. The molecule has 0 radical (unpaired) electrons. The lowest BCUT2D eigenvalue weighted by Crippen LogP contribution is -2.60. The van der Waals surface area contributed by atoms with Crippen LogP contribution in [0.5, 0.6) is 0 Å². The topological polar surface area (TPSA) is 15.3 Å². The van der Waals surface area contributed by atoms with Crippen LogP contribution in [0.15, 0.2) is 0 Å². The Hall–Kier alpha value is -0.0800. The summed E-state index contributed by atoms with van der Waals surface area (Å²) in [6.45, 7) is 20.1. The van der Waals surface area contributed by atoms with Crippen molar-refractivity contribution in [2.24, 2.45) is 17.3 Å². The summed E-state index contributed by atoms with van der Waals surface area (Å²) in [4.78, 5) is 2.75. The van der Waals surface area contributed by atoms with Crippen LogP contribution >= 0.6 is 0 Å². The zero-order valence-electron chi connectivity index (χ0n) is 13.6. The van der Waals surface area contributed by atoms with E-state index in [9.17, 15) is 0 Å². The maximum Gasteiger partial charge on any atom is 0.0244 e. The Labute approximate surface area is 115 Å². The summed E-state index contributed by atoms with van der Waals surface area (Å²) in [5, 5.41) is 3.70. The van der Waals surface area contributed by atoms with Gasteiger partial charge in [-0.1, -0.05) is 48.5 Å². The van der Waals surface area contributed by atoms with E-state index in [1.54, 1.807) is 0 Å². The lowest BCUT2D eigenvalue weighted by molar-refractivity contribution is 0.0436. The summed E-state index contributed by atoms with van der Waals surface area (Å²) in [5.74, 6) is 1.47. The molecule has 1 rings (SSSR count). The third-order valence-electron chi connectivity index (χ3n) is 4.98. The van der Waals surface area contributed by atoms with Gasteiger partial charge in [0.1, 0.15) is 0 Å². The van der Waals surface area contributed by atoms with Crippen molar-refractivity contribution in [2.45, 2.75) is 67.0 Å². The molecule has 0 bridgehead atoms. The van der Waals surface area contributed by atoms with Gasteiger partial charge in [-0.15, -0.1) is 0 Å². The average molecular weight is 254 g/mol. The van der Waals surface area contributed by atoms with Gasteiger partial charge >= 0.3 is 0 Å². The van der Waals surface area contributed by atoms with Crippen molar-refractivity contribution in [2.75, 3.05) is 19.6 Å². The normalized spacial score (nSPS) is 27.2. The van der Waals surface area contributed by atoms with Crippen LogP contribution < -0.4 is 5.32 Å². The number of hydrogen-bond acceptors (Lipinski definition) is 2. The fraction of sp³-hybridized carbons (Fsp3) is 1.00. The van der Waals surface area contributed by atoms with Crippen LogP contribution in [0.25, 0.3) is 0 Å². The molecule has 1 heterocycles. The van der Waals surface area contributed by atoms with Crippen LogP contribution in [-0.4, -0.2) is 36.6 Å². The SMILES string of the molecule is CCC1CN(CC(C)(C)C(C)C)C(C(C)C)CN1. The Morgan fingerprint density at radius 2 is 1.83 bits per heavy atom. The molecular formula is C16H34N2. The smallest absolute Gasteiger partial charge is 0.0244 e. The Bertz CT molecular complexity index is 245. The van der Waals surface area contributed by atoms with Crippen molar-refractivity contribution in [1.29, 1.82) is 0 Å². The van der Waals surface area contributed by atoms with Crippen molar-refractivity contribution in [1.82, 2.24) is 10.2 Å². The molecule has 1 saturated heterocycles. The molecule has 0 aliphatic carbocycles. The molecule has 2 unspecified atom stereocenters. The lowest BCUT2D eigenvalue weighted by Gasteiger charge is -2.46. The summed E-state index contributed by atoms with van der Waals surface area (Å²) in [6, 6.07) is 1.38. The van der Waals surface area contributed by atoms with Gasteiger partial charge in [-0.2, -0.15) is 0 Å². The second kappa shape index (κ2) is 6.38. The molecule has 1 aliphatic rings. The molecule has 1 aliphatic heterocycles. The highest BCUT2D eigenvalue weighted by molar-refractivity contribution is 4.90. The first-order valence-electron chi connectivity index (χ1n) is 7.75.